The number of carboxylic acids is 1. The van der Waals surface area contributed by atoms with E-state index in [4.69, 9.17) is 5.11 Å². The van der Waals surface area contributed by atoms with Gasteiger partial charge in [-0.25, -0.2) is 4.39 Å². The molecule has 114 valence electrons. The molecule has 0 aromatic heterocycles. The van der Waals surface area contributed by atoms with E-state index in [1.165, 1.54) is 0 Å². The number of aliphatic carboxylic acids is 1. The van der Waals surface area contributed by atoms with Gasteiger partial charge in [0.15, 0.2) is 0 Å². The summed E-state index contributed by atoms with van der Waals surface area (Å²) >= 11 is 0. The molecule has 1 fully saturated rings. The summed E-state index contributed by atoms with van der Waals surface area (Å²) in [5, 5.41) is 8.79. The minimum absolute atomic E-state index is 0.102. The number of hydrogen-bond acceptors (Lipinski definition) is 2. The lowest BCUT2D eigenvalue weighted by atomic mass is 9.93. The maximum absolute atomic E-state index is 13.6. The highest BCUT2D eigenvalue weighted by Gasteiger charge is 2.25. The Bertz CT molecular complexity index is 540. The molecule has 1 aliphatic rings. The molecule has 1 amide bonds. The molecule has 1 N–H and O–H groups in total. The molecule has 5 heteroatoms. The number of benzene rings is 1. The number of likely N-dealkylation sites (tertiary alicyclic amines) is 1. The smallest absolute Gasteiger partial charge is 0.303 e. The van der Waals surface area contributed by atoms with Crippen molar-refractivity contribution in [3.8, 4) is 0 Å². The van der Waals surface area contributed by atoms with E-state index in [1.54, 1.807) is 30.9 Å². The molecule has 0 bridgehead atoms. The molecule has 4 nitrogen and oxygen atoms in total. The molecule has 2 rings (SSSR count). The Morgan fingerprint density at radius 3 is 2.24 bits per heavy atom. The molecule has 0 unspecified atom stereocenters. The van der Waals surface area contributed by atoms with Crippen LogP contribution in [0.1, 0.15) is 40.7 Å². The highest BCUT2D eigenvalue weighted by atomic mass is 19.1. The van der Waals surface area contributed by atoms with Crippen molar-refractivity contribution >= 4 is 11.9 Å². The molecule has 1 saturated heterocycles. The quantitative estimate of drug-likeness (QED) is 0.932. The van der Waals surface area contributed by atoms with Crippen molar-refractivity contribution in [3.63, 3.8) is 0 Å². The van der Waals surface area contributed by atoms with Crippen LogP contribution < -0.4 is 0 Å². The Hall–Kier alpha value is -1.91. The minimum atomic E-state index is -0.787. The summed E-state index contributed by atoms with van der Waals surface area (Å²) in [5.74, 6) is -1.02. The van der Waals surface area contributed by atoms with Gasteiger partial charge in [-0.2, -0.15) is 0 Å². The summed E-state index contributed by atoms with van der Waals surface area (Å²) in [5.41, 5.74) is 1.45. The zero-order chi connectivity index (χ0) is 15.6. The molecular weight excluding hydrogens is 273 g/mol. The Labute approximate surface area is 123 Å². The van der Waals surface area contributed by atoms with Gasteiger partial charge >= 0.3 is 5.97 Å². The molecule has 1 aliphatic heterocycles. The number of hydrogen-bond donors (Lipinski definition) is 1. The Morgan fingerprint density at radius 1 is 1.24 bits per heavy atom. The lowest BCUT2D eigenvalue weighted by molar-refractivity contribution is -0.138. The highest BCUT2D eigenvalue weighted by Crippen LogP contribution is 2.23. The van der Waals surface area contributed by atoms with Crippen LogP contribution in [-0.2, 0) is 4.79 Å². The molecule has 0 aliphatic carbocycles. The zero-order valence-corrected chi connectivity index (χ0v) is 12.4. The van der Waals surface area contributed by atoms with Crippen LogP contribution in [0.4, 0.5) is 4.39 Å². The van der Waals surface area contributed by atoms with E-state index in [-0.39, 0.29) is 24.1 Å². The molecular formula is C16H20FNO3. The first-order valence-electron chi connectivity index (χ1n) is 7.16. The van der Waals surface area contributed by atoms with E-state index < -0.39 is 5.97 Å². The first-order valence-corrected chi connectivity index (χ1v) is 7.16. The number of amides is 1. The van der Waals surface area contributed by atoms with Gasteiger partial charge in [0.1, 0.15) is 5.82 Å². The minimum Gasteiger partial charge on any atom is -0.481 e. The van der Waals surface area contributed by atoms with Gasteiger partial charge in [0.05, 0.1) is 0 Å². The van der Waals surface area contributed by atoms with Crippen LogP contribution >= 0.6 is 0 Å². The van der Waals surface area contributed by atoms with Crippen LogP contribution in [0.15, 0.2) is 12.1 Å². The van der Waals surface area contributed by atoms with E-state index in [9.17, 15) is 14.0 Å². The van der Waals surface area contributed by atoms with Crippen LogP contribution in [0.5, 0.6) is 0 Å². The number of piperidine rings is 1. The van der Waals surface area contributed by atoms with Gasteiger partial charge in [-0.3, -0.25) is 9.59 Å². The molecule has 0 saturated carbocycles. The number of aryl methyl sites for hydroxylation is 2. The molecule has 0 atom stereocenters. The van der Waals surface area contributed by atoms with Crippen molar-refractivity contribution < 1.29 is 19.1 Å². The summed E-state index contributed by atoms with van der Waals surface area (Å²) < 4.78 is 13.6. The normalized spacial score (nSPS) is 16.0. The zero-order valence-electron chi connectivity index (χ0n) is 12.4. The van der Waals surface area contributed by atoms with Gasteiger partial charge in [0.25, 0.3) is 5.91 Å². The summed E-state index contributed by atoms with van der Waals surface area (Å²) in [6.07, 6.45) is 1.57. The molecule has 1 aromatic rings. The van der Waals surface area contributed by atoms with Gasteiger partial charge in [-0.15, -0.1) is 0 Å². The summed E-state index contributed by atoms with van der Waals surface area (Å²) in [4.78, 5) is 24.9. The van der Waals surface area contributed by atoms with Crippen molar-refractivity contribution in [2.45, 2.75) is 33.1 Å². The van der Waals surface area contributed by atoms with Crippen LogP contribution in [-0.4, -0.2) is 35.0 Å². The number of rotatable bonds is 3. The third kappa shape index (κ3) is 3.60. The van der Waals surface area contributed by atoms with Crippen molar-refractivity contribution in [1.29, 1.82) is 0 Å². The first-order chi connectivity index (χ1) is 9.88. The average Bonchev–Trinajstić information content (AvgIpc) is 2.43. The Morgan fingerprint density at radius 2 is 1.76 bits per heavy atom. The fourth-order valence-corrected chi connectivity index (χ4v) is 2.84. The van der Waals surface area contributed by atoms with E-state index in [0.717, 1.165) is 0 Å². The number of nitrogens with zero attached hydrogens (tertiary/aromatic N) is 1. The summed E-state index contributed by atoms with van der Waals surface area (Å²) in [6, 6.07) is 3.15. The van der Waals surface area contributed by atoms with E-state index in [0.29, 0.717) is 42.6 Å². The van der Waals surface area contributed by atoms with Crippen molar-refractivity contribution in [2.75, 3.05) is 13.1 Å². The molecule has 21 heavy (non-hydrogen) atoms. The molecule has 1 heterocycles. The maximum Gasteiger partial charge on any atom is 0.303 e. The van der Waals surface area contributed by atoms with Crippen molar-refractivity contribution in [3.05, 3.63) is 34.6 Å². The van der Waals surface area contributed by atoms with Gasteiger partial charge in [0, 0.05) is 25.1 Å². The van der Waals surface area contributed by atoms with Crippen LogP contribution in [0.3, 0.4) is 0 Å². The third-order valence-electron chi connectivity index (χ3n) is 4.05. The number of carboxylic acid groups (broad SMARTS) is 1. The van der Waals surface area contributed by atoms with E-state index in [2.05, 4.69) is 0 Å². The fourth-order valence-electron chi connectivity index (χ4n) is 2.84. The SMILES string of the molecule is Cc1cc(C(=O)N2CCC(CC(=O)O)CC2)cc(C)c1F. The Balaban J connectivity index is 2.04. The summed E-state index contributed by atoms with van der Waals surface area (Å²) in [6.45, 7) is 4.43. The standard InChI is InChI=1S/C16H20FNO3/c1-10-7-13(8-11(2)15(10)17)16(21)18-5-3-12(4-6-18)9-14(19)20/h7-8,12H,3-6,9H2,1-2H3,(H,19,20). The maximum atomic E-state index is 13.6. The summed E-state index contributed by atoms with van der Waals surface area (Å²) in [7, 11) is 0. The second-order valence-corrected chi connectivity index (χ2v) is 5.76. The topological polar surface area (TPSA) is 57.6 Å². The molecule has 0 spiro atoms. The average molecular weight is 293 g/mol. The number of halogens is 1. The molecule has 0 radical (unpaired) electrons. The van der Waals surface area contributed by atoms with Gasteiger partial charge in [-0.05, 0) is 55.9 Å². The van der Waals surface area contributed by atoms with E-state index >= 15 is 0 Å². The lowest BCUT2D eigenvalue weighted by Crippen LogP contribution is -2.39. The first kappa shape index (κ1) is 15.5. The second kappa shape index (κ2) is 6.24. The molecule has 1 aromatic carbocycles. The number of carbonyl (C=O) groups is 2. The lowest BCUT2D eigenvalue weighted by Gasteiger charge is -2.31. The van der Waals surface area contributed by atoms with Gasteiger partial charge in [-0.1, -0.05) is 0 Å². The van der Waals surface area contributed by atoms with Crippen molar-refractivity contribution in [1.82, 2.24) is 4.90 Å². The fraction of sp³-hybridized carbons (Fsp3) is 0.500. The van der Waals surface area contributed by atoms with E-state index in [1.807, 2.05) is 0 Å². The van der Waals surface area contributed by atoms with Crippen molar-refractivity contribution in [2.24, 2.45) is 5.92 Å². The highest BCUT2D eigenvalue weighted by molar-refractivity contribution is 5.94. The predicted octanol–water partition coefficient (Wildman–Crippen LogP) is 2.77. The van der Waals surface area contributed by atoms with Crippen LogP contribution in [0.2, 0.25) is 0 Å². The van der Waals surface area contributed by atoms with Gasteiger partial charge in [0.2, 0.25) is 0 Å². The van der Waals surface area contributed by atoms with Crippen LogP contribution in [0, 0.1) is 25.6 Å². The Kier molecular flexibility index (Phi) is 4.60. The monoisotopic (exact) mass is 293 g/mol. The van der Waals surface area contributed by atoms with Crippen LogP contribution in [0.25, 0.3) is 0 Å². The van der Waals surface area contributed by atoms with Gasteiger partial charge < -0.3 is 10.0 Å². The number of carbonyl (C=O) groups excluding carboxylic acids is 1. The largest absolute Gasteiger partial charge is 0.481 e. The third-order valence-corrected chi connectivity index (χ3v) is 4.05. The predicted molar refractivity (Wildman–Crippen MR) is 76.8 cm³/mol. The second-order valence-electron chi connectivity index (χ2n) is 5.76.